The van der Waals surface area contributed by atoms with Gasteiger partial charge < -0.3 is 15.1 Å². The number of piperazine rings is 1. The molecule has 160 valence electrons. The van der Waals surface area contributed by atoms with Gasteiger partial charge in [-0.05, 0) is 48.2 Å². The fourth-order valence-corrected chi connectivity index (χ4v) is 3.72. The SMILES string of the molecule is CCc1ccc(NC(=O)N2CCN(c3ccc(-c4ccc(CC)cc4)nn3)CC2)cc1. The lowest BCUT2D eigenvalue weighted by atomic mass is 10.1. The number of nitrogens with zero attached hydrogens (tertiary/aromatic N) is 4. The van der Waals surface area contributed by atoms with Crippen molar-refractivity contribution < 1.29 is 4.79 Å². The zero-order valence-corrected chi connectivity index (χ0v) is 18.2. The number of amides is 2. The van der Waals surface area contributed by atoms with Crippen molar-refractivity contribution in [3.8, 4) is 11.3 Å². The van der Waals surface area contributed by atoms with Crippen LogP contribution in [-0.4, -0.2) is 47.3 Å². The van der Waals surface area contributed by atoms with Crippen molar-refractivity contribution in [2.75, 3.05) is 36.4 Å². The van der Waals surface area contributed by atoms with Crippen LogP contribution in [0.5, 0.6) is 0 Å². The normalized spacial score (nSPS) is 13.9. The number of hydrogen-bond acceptors (Lipinski definition) is 4. The van der Waals surface area contributed by atoms with Crippen LogP contribution in [0.25, 0.3) is 11.3 Å². The lowest BCUT2D eigenvalue weighted by Crippen LogP contribution is -2.50. The van der Waals surface area contributed by atoms with Crippen LogP contribution >= 0.6 is 0 Å². The van der Waals surface area contributed by atoms with Gasteiger partial charge in [0.1, 0.15) is 0 Å². The fourth-order valence-electron chi connectivity index (χ4n) is 3.72. The van der Waals surface area contributed by atoms with E-state index in [0.717, 1.165) is 48.7 Å². The highest BCUT2D eigenvalue weighted by molar-refractivity contribution is 5.89. The van der Waals surface area contributed by atoms with Crippen LogP contribution in [0.1, 0.15) is 25.0 Å². The zero-order chi connectivity index (χ0) is 21.6. The third-order valence-corrected chi connectivity index (χ3v) is 5.81. The molecule has 0 radical (unpaired) electrons. The number of aromatic nitrogens is 2. The molecule has 0 saturated carbocycles. The molecular weight excluding hydrogens is 386 g/mol. The van der Waals surface area contributed by atoms with E-state index < -0.39 is 0 Å². The predicted molar refractivity (Wildman–Crippen MR) is 125 cm³/mol. The number of anilines is 2. The Morgan fingerprint density at radius 1 is 0.806 bits per heavy atom. The maximum absolute atomic E-state index is 12.6. The molecule has 1 aromatic heterocycles. The van der Waals surface area contributed by atoms with Crippen molar-refractivity contribution in [3.63, 3.8) is 0 Å². The van der Waals surface area contributed by atoms with Crippen LogP contribution in [0, 0.1) is 0 Å². The first-order valence-electron chi connectivity index (χ1n) is 11.0. The van der Waals surface area contributed by atoms with Gasteiger partial charge in [0.25, 0.3) is 0 Å². The summed E-state index contributed by atoms with van der Waals surface area (Å²) in [6.45, 7) is 7.05. The second-order valence-corrected chi connectivity index (χ2v) is 7.78. The summed E-state index contributed by atoms with van der Waals surface area (Å²) in [4.78, 5) is 16.6. The smallest absolute Gasteiger partial charge is 0.321 e. The summed E-state index contributed by atoms with van der Waals surface area (Å²) < 4.78 is 0. The molecule has 4 rings (SSSR count). The average molecular weight is 416 g/mol. The molecule has 0 spiro atoms. The Kier molecular flexibility index (Phi) is 6.46. The Morgan fingerprint density at radius 2 is 1.42 bits per heavy atom. The van der Waals surface area contributed by atoms with Gasteiger partial charge in [0, 0.05) is 37.4 Å². The molecule has 0 bridgehead atoms. The van der Waals surface area contributed by atoms with Crippen molar-refractivity contribution in [2.24, 2.45) is 0 Å². The van der Waals surface area contributed by atoms with E-state index in [1.165, 1.54) is 11.1 Å². The Labute approximate surface area is 183 Å². The second kappa shape index (κ2) is 9.60. The Bertz CT molecular complexity index is 992. The predicted octanol–water partition coefficient (Wildman–Crippen LogP) is 4.62. The van der Waals surface area contributed by atoms with E-state index in [2.05, 4.69) is 58.5 Å². The van der Waals surface area contributed by atoms with Crippen LogP contribution in [0.4, 0.5) is 16.3 Å². The van der Waals surface area contributed by atoms with E-state index in [4.69, 9.17) is 0 Å². The molecule has 0 atom stereocenters. The molecule has 1 N–H and O–H groups in total. The summed E-state index contributed by atoms with van der Waals surface area (Å²) in [5.41, 5.74) is 5.35. The molecule has 2 heterocycles. The van der Waals surface area contributed by atoms with Gasteiger partial charge in [-0.3, -0.25) is 0 Å². The number of carbonyl (C=O) groups excluding carboxylic acids is 1. The van der Waals surface area contributed by atoms with Crippen LogP contribution in [-0.2, 0) is 12.8 Å². The molecule has 6 heteroatoms. The molecule has 2 aromatic carbocycles. The van der Waals surface area contributed by atoms with Gasteiger partial charge >= 0.3 is 6.03 Å². The lowest BCUT2D eigenvalue weighted by molar-refractivity contribution is 0.208. The van der Waals surface area contributed by atoms with Gasteiger partial charge in [-0.1, -0.05) is 50.2 Å². The maximum atomic E-state index is 12.6. The minimum atomic E-state index is -0.0548. The first kappa shape index (κ1) is 20.8. The summed E-state index contributed by atoms with van der Waals surface area (Å²) in [5.74, 6) is 0.851. The van der Waals surface area contributed by atoms with Gasteiger partial charge in [-0.25, -0.2) is 4.79 Å². The number of aryl methyl sites for hydroxylation is 2. The summed E-state index contributed by atoms with van der Waals surface area (Å²) >= 11 is 0. The third kappa shape index (κ3) is 5.02. The van der Waals surface area contributed by atoms with Gasteiger partial charge in [0.15, 0.2) is 5.82 Å². The summed E-state index contributed by atoms with van der Waals surface area (Å²) in [6.07, 6.45) is 2.02. The first-order chi connectivity index (χ1) is 15.2. The molecular formula is C25H29N5O. The summed E-state index contributed by atoms with van der Waals surface area (Å²) in [5, 5.41) is 11.8. The number of urea groups is 1. The van der Waals surface area contributed by atoms with E-state index in [9.17, 15) is 4.79 Å². The molecule has 0 aliphatic carbocycles. The number of hydrogen-bond donors (Lipinski definition) is 1. The Hall–Kier alpha value is -3.41. The number of benzene rings is 2. The van der Waals surface area contributed by atoms with Crippen molar-refractivity contribution >= 4 is 17.5 Å². The highest BCUT2D eigenvalue weighted by atomic mass is 16.2. The Morgan fingerprint density at radius 3 is 1.97 bits per heavy atom. The number of rotatable bonds is 5. The minimum Gasteiger partial charge on any atom is -0.352 e. The second-order valence-electron chi connectivity index (χ2n) is 7.78. The largest absolute Gasteiger partial charge is 0.352 e. The molecule has 3 aromatic rings. The molecule has 0 unspecified atom stereocenters. The lowest BCUT2D eigenvalue weighted by Gasteiger charge is -2.35. The zero-order valence-electron chi connectivity index (χ0n) is 18.2. The van der Waals surface area contributed by atoms with E-state index in [-0.39, 0.29) is 6.03 Å². The maximum Gasteiger partial charge on any atom is 0.321 e. The highest BCUT2D eigenvalue weighted by Gasteiger charge is 2.22. The van der Waals surface area contributed by atoms with Crippen molar-refractivity contribution in [2.45, 2.75) is 26.7 Å². The van der Waals surface area contributed by atoms with Crippen LogP contribution in [0.3, 0.4) is 0 Å². The summed E-state index contributed by atoms with van der Waals surface area (Å²) in [7, 11) is 0. The third-order valence-electron chi connectivity index (χ3n) is 5.81. The Balaban J connectivity index is 1.32. The molecule has 1 fully saturated rings. The molecule has 1 aliphatic heterocycles. The molecule has 1 aliphatic rings. The standard InChI is InChI=1S/C25H29N5O/c1-3-19-5-9-21(10-6-19)23-13-14-24(28-27-23)29-15-17-30(18-16-29)25(31)26-22-11-7-20(4-2)8-12-22/h5-14H,3-4,15-18H2,1-2H3,(H,26,31). The average Bonchev–Trinajstić information content (AvgIpc) is 2.85. The first-order valence-corrected chi connectivity index (χ1v) is 11.0. The topological polar surface area (TPSA) is 61.4 Å². The van der Waals surface area contributed by atoms with Crippen LogP contribution in [0.2, 0.25) is 0 Å². The van der Waals surface area contributed by atoms with E-state index in [1.54, 1.807) is 0 Å². The molecule has 2 amide bonds. The van der Waals surface area contributed by atoms with E-state index in [1.807, 2.05) is 41.3 Å². The van der Waals surface area contributed by atoms with Gasteiger partial charge in [0.2, 0.25) is 0 Å². The monoisotopic (exact) mass is 415 g/mol. The van der Waals surface area contributed by atoms with Gasteiger partial charge in [-0.2, -0.15) is 0 Å². The summed E-state index contributed by atoms with van der Waals surface area (Å²) in [6, 6.07) is 20.4. The highest BCUT2D eigenvalue weighted by Crippen LogP contribution is 2.20. The van der Waals surface area contributed by atoms with E-state index in [0.29, 0.717) is 13.1 Å². The molecule has 1 saturated heterocycles. The fraction of sp³-hybridized carbons (Fsp3) is 0.320. The minimum absolute atomic E-state index is 0.0548. The van der Waals surface area contributed by atoms with Crippen molar-refractivity contribution in [3.05, 3.63) is 71.8 Å². The number of carbonyl (C=O) groups is 1. The van der Waals surface area contributed by atoms with Gasteiger partial charge in [-0.15, -0.1) is 10.2 Å². The molecule has 6 nitrogen and oxygen atoms in total. The number of nitrogens with one attached hydrogen (secondary N) is 1. The van der Waals surface area contributed by atoms with E-state index >= 15 is 0 Å². The molecule has 31 heavy (non-hydrogen) atoms. The van der Waals surface area contributed by atoms with Gasteiger partial charge in [0.05, 0.1) is 5.69 Å². The van der Waals surface area contributed by atoms with Crippen LogP contribution < -0.4 is 10.2 Å². The quantitative estimate of drug-likeness (QED) is 0.660. The van der Waals surface area contributed by atoms with Crippen molar-refractivity contribution in [1.82, 2.24) is 15.1 Å². The van der Waals surface area contributed by atoms with Crippen molar-refractivity contribution in [1.29, 1.82) is 0 Å². The van der Waals surface area contributed by atoms with Crippen LogP contribution in [0.15, 0.2) is 60.7 Å².